The molecule has 0 bridgehead atoms. The van der Waals surface area contributed by atoms with Crippen molar-refractivity contribution in [1.82, 2.24) is 14.9 Å². The van der Waals surface area contributed by atoms with Crippen LogP contribution in [0.4, 0.5) is 0 Å². The summed E-state index contributed by atoms with van der Waals surface area (Å²) in [6, 6.07) is 6.33. The number of sulfonamides is 1. The molecule has 0 atom stereocenters. The first kappa shape index (κ1) is 21.9. The lowest BCUT2D eigenvalue weighted by Crippen LogP contribution is -2.44. The maximum Gasteiger partial charge on any atom is 0.253 e. The van der Waals surface area contributed by atoms with Crippen LogP contribution in [0.15, 0.2) is 29.2 Å². The van der Waals surface area contributed by atoms with Crippen LogP contribution in [0.2, 0.25) is 0 Å². The molecule has 9 heteroatoms. The van der Waals surface area contributed by atoms with Crippen molar-refractivity contribution in [1.29, 1.82) is 0 Å². The fourth-order valence-electron chi connectivity index (χ4n) is 2.72. The molecule has 142 valence electrons. The van der Waals surface area contributed by atoms with Gasteiger partial charge in [0.25, 0.3) is 5.91 Å². The summed E-state index contributed by atoms with van der Waals surface area (Å²) in [5, 5.41) is 3.27. The van der Waals surface area contributed by atoms with Crippen LogP contribution in [0.1, 0.15) is 23.2 Å². The van der Waals surface area contributed by atoms with E-state index in [0.717, 1.165) is 25.9 Å². The van der Waals surface area contributed by atoms with E-state index in [-0.39, 0.29) is 42.4 Å². The first-order chi connectivity index (χ1) is 11.5. The minimum Gasteiger partial charge on any atom is -0.383 e. The van der Waals surface area contributed by atoms with Gasteiger partial charge in [-0.3, -0.25) is 4.79 Å². The van der Waals surface area contributed by atoms with Gasteiger partial charge in [-0.25, -0.2) is 13.1 Å². The standard InChI is InChI=1S/C16H25N3O4S.ClH/c1-19(14-6-8-17-9-7-14)16(20)13-4-3-5-15(12-13)24(21,22)18-10-11-23-2;/h3-5,12,14,17-18H,6-11H2,1-2H3;1H. The van der Waals surface area contributed by atoms with Crippen molar-refractivity contribution in [2.24, 2.45) is 0 Å². The molecule has 1 saturated heterocycles. The molecule has 25 heavy (non-hydrogen) atoms. The van der Waals surface area contributed by atoms with Gasteiger partial charge < -0.3 is 15.0 Å². The van der Waals surface area contributed by atoms with Crippen LogP contribution in [-0.2, 0) is 14.8 Å². The van der Waals surface area contributed by atoms with Crippen molar-refractivity contribution in [3.63, 3.8) is 0 Å². The number of hydrogen-bond donors (Lipinski definition) is 2. The van der Waals surface area contributed by atoms with Gasteiger partial charge in [-0.05, 0) is 44.1 Å². The SMILES string of the molecule is COCCNS(=O)(=O)c1cccc(C(=O)N(C)C2CCNCC2)c1.Cl. The number of nitrogens with zero attached hydrogens (tertiary/aromatic N) is 1. The summed E-state index contributed by atoms with van der Waals surface area (Å²) in [4.78, 5) is 14.5. The highest BCUT2D eigenvalue weighted by Gasteiger charge is 2.24. The highest BCUT2D eigenvalue weighted by molar-refractivity contribution is 7.89. The molecule has 1 aliphatic rings. The smallest absolute Gasteiger partial charge is 0.253 e. The number of rotatable bonds is 7. The van der Waals surface area contributed by atoms with E-state index in [1.54, 1.807) is 24.1 Å². The molecule has 2 N–H and O–H groups in total. The zero-order valence-corrected chi connectivity index (χ0v) is 16.2. The summed E-state index contributed by atoms with van der Waals surface area (Å²) in [6.45, 7) is 2.25. The minimum atomic E-state index is -3.65. The number of benzene rings is 1. The highest BCUT2D eigenvalue weighted by Crippen LogP contribution is 2.17. The lowest BCUT2D eigenvalue weighted by molar-refractivity contribution is 0.0703. The molecule has 0 aromatic heterocycles. The Balaban J connectivity index is 0.00000312. The van der Waals surface area contributed by atoms with E-state index < -0.39 is 10.0 Å². The maximum atomic E-state index is 12.7. The monoisotopic (exact) mass is 391 g/mol. The number of piperidine rings is 1. The fourth-order valence-corrected chi connectivity index (χ4v) is 3.78. The number of ether oxygens (including phenoxy) is 1. The quantitative estimate of drug-likeness (QED) is 0.673. The van der Waals surface area contributed by atoms with E-state index in [1.807, 2.05) is 0 Å². The van der Waals surface area contributed by atoms with Crippen LogP contribution >= 0.6 is 12.4 Å². The molecule has 7 nitrogen and oxygen atoms in total. The molecule has 2 rings (SSSR count). The van der Waals surface area contributed by atoms with Gasteiger partial charge in [0.1, 0.15) is 0 Å². The van der Waals surface area contributed by atoms with Gasteiger partial charge in [0.15, 0.2) is 0 Å². The Morgan fingerprint density at radius 2 is 2.04 bits per heavy atom. The summed E-state index contributed by atoms with van der Waals surface area (Å²) in [6.07, 6.45) is 1.80. The van der Waals surface area contributed by atoms with Crippen LogP contribution in [0.5, 0.6) is 0 Å². The first-order valence-electron chi connectivity index (χ1n) is 8.02. The van der Waals surface area contributed by atoms with Crippen LogP contribution in [0, 0.1) is 0 Å². The van der Waals surface area contributed by atoms with E-state index >= 15 is 0 Å². The Bertz CT molecular complexity index is 663. The number of halogens is 1. The van der Waals surface area contributed by atoms with Gasteiger partial charge in [0, 0.05) is 32.3 Å². The van der Waals surface area contributed by atoms with Crippen molar-refractivity contribution in [2.75, 3.05) is 40.4 Å². The molecular weight excluding hydrogens is 366 g/mol. The van der Waals surface area contributed by atoms with E-state index in [1.165, 1.54) is 19.2 Å². The molecule has 1 amide bonds. The molecule has 0 saturated carbocycles. The molecule has 1 aromatic carbocycles. The first-order valence-corrected chi connectivity index (χ1v) is 9.50. The van der Waals surface area contributed by atoms with E-state index in [2.05, 4.69) is 10.0 Å². The van der Waals surface area contributed by atoms with E-state index in [9.17, 15) is 13.2 Å². The second-order valence-corrected chi connectivity index (χ2v) is 7.58. The van der Waals surface area contributed by atoms with Crippen LogP contribution < -0.4 is 10.0 Å². The summed E-state index contributed by atoms with van der Waals surface area (Å²) in [7, 11) is -0.372. The third-order valence-corrected chi connectivity index (χ3v) is 5.62. The Morgan fingerprint density at radius 1 is 1.36 bits per heavy atom. The lowest BCUT2D eigenvalue weighted by Gasteiger charge is -2.31. The zero-order valence-electron chi connectivity index (χ0n) is 14.5. The topological polar surface area (TPSA) is 87.7 Å². The summed E-state index contributed by atoms with van der Waals surface area (Å²) < 4.78 is 31.8. The second kappa shape index (κ2) is 10.1. The van der Waals surface area contributed by atoms with Crippen molar-refractivity contribution in [3.8, 4) is 0 Å². The van der Waals surface area contributed by atoms with E-state index in [0.29, 0.717) is 5.56 Å². The maximum absolute atomic E-state index is 12.7. The van der Waals surface area contributed by atoms with Crippen molar-refractivity contribution < 1.29 is 17.9 Å². The Kier molecular flexibility index (Phi) is 8.81. The van der Waals surface area contributed by atoms with Gasteiger partial charge in [-0.1, -0.05) is 6.07 Å². The second-order valence-electron chi connectivity index (χ2n) is 5.82. The van der Waals surface area contributed by atoms with Crippen LogP contribution in [0.3, 0.4) is 0 Å². The molecule has 0 spiro atoms. The predicted molar refractivity (Wildman–Crippen MR) is 98.7 cm³/mol. The van der Waals surface area contributed by atoms with Crippen LogP contribution in [-0.4, -0.2) is 65.7 Å². The molecule has 1 aliphatic heterocycles. The molecular formula is C16H26ClN3O4S. The molecule has 1 aromatic rings. The fraction of sp³-hybridized carbons (Fsp3) is 0.562. The largest absolute Gasteiger partial charge is 0.383 e. The molecule has 0 aliphatic carbocycles. The molecule has 0 radical (unpaired) electrons. The Hall–Kier alpha value is -1.19. The highest BCUT2D eigenvalue weighted by atomic mass is 35.5. The van der Waals surface area contributed by atoms with Crippen molar-refractivity contribution in [3.05, 3.63) is 29.8 Å². The molecule has 1 heterocycles. The Labute approximate surface area is 155 Å². The number of carbonyl (C=O) groups is 1. The number of hydrogen-bond acceptors (Lipinski definition) is 5. The summed E-state index contributed by atoms with van der Waals surface area (Å²) in [5.41, 5.74) is 0.380. The van der Waals surface area contributed by atoms with Crippen molar-refractivity contribution in [2.45, 2.75) is 23.8 Å². The average molecular weight is 392 g/mol. The van der Waals surface area contributed by atoms with E-state index in [4.69, 9.17) is 4.74 Å². The van der Waals surface area contributed by atoms with Gasteiger partial charge in [-0.15, -0.1) is 12.4 Å². The number of nitrogens with one attached hydrogen (secondary N) is 2. The number of methoxy groups -OCH3 is 1. The van der Waals surface area contributed by atoms with Gasteiger partial charge in [0.05, 0.1) is 11.5 Å². The Morgan fingerprint density at radius 3 is 2.68 bits per heavy atom. The third-order valence-electron chi connectivity index (χ3n) is 4.17. The minimum absolute atomic E-state index is 0. The molecule has 1 fully saturated rings. The van der Waals surface area contributed by atoms with Crippen LogP contribution in [0.25, 0.3) is 0 Å². The molecule has 0 unspecified atom stereocenters. The third kappa shape index (κ3) is 5.93. The lowest BCUT2D eigenvalue weighted by atomic mass is 10.0. The number of amides is 1. The average Bonchev–Trinajstić information content (AvgIpc) is 2.61. The predicted octanol–water partition coefficient (Wildman–Crippen LogP) is 0.857. The summed E-state index contributed by atoms with van der Waals surface area (Å²) >= 11 is 0. The normalized spacial score (nSPS) is 15.4. The van der Waals surface area contributed by atoms with Gasteiger partial charge in [0.2, 0.25) is 10.0 Å². The summed E-state index contributed by atoms with van der Waals surface area (Å²) in [5.74, 6) is -0.157. The number of carbonyl (C=O) groups excluding carboxylic acids is 1. The van der Waals surface area contributed by atoms with Gasteiger partial charge >= 0.3 is 0 Å². The van der Waals surface area contributed by atoms with Crippen molar-refractivity contribution >= 4 is 28.3 Å². The zero-order chi connectivity index (χ0) is 17.6. The van der Waals surface area contributed by atoms with Gasteiger partial charge in [-0.2, -0.15) is 0 Å².